The van der Waals surface area contributed by atoms with Crippen LogP contribution in [0.2, 0.25) is 0 Å². The molecule has 4 nitrogen and oxygen atoms in total. The summed E-state index contributed by atoms with van der Waals surface area (Å²) in [6, 6.07) is 7.53. The van der Waals surface area contributed by atoms with Crippen molar-refractivity contribution in [1.29, 1.82) is 0 Å². The molecule has 2 rings (SSSR count). The lowest BCUT2D eigenvalue weighted by atomic mass is 10.1. The quantitative estimate of drug-likeness (QED) is 0.726. The van der Waals surface area contributed by atoms with Crippen molar-refractivity contribution in [3.05, 3.63) is 29.8 Å². The first-order chi connectivity index (χ1) is 8.83. The van der Waals surface area contributed by atoms with Gasteiger partial charge in [-0.05, 0) is 12.5 Å². The minimum atomic E-state index is -0.240. The van der Waals surface area contributed by atoms with E-state index in [4.69, 9.17) is 4.74 Å². The van der Waals surface area contributed by atoms with Crippen LogP contribution < -0.4 is 10.6 Å². The lowest BCUT2D eigenvalue weighted by Crippen LogP contribution is -2.30. The maximum absolute atomic E-state index is 11.8. The van der Waals surface area contributed by atoms with Gasteiger partial charge in [0, 0.05) is 24.4 Å². The fourth-order valence-corrected chi connectivity index (χ4v) is 2.04. The Morgan fingerprint density at radius 1 is 1.33 bits per heavy atom. The van der Waals surface area contributed by atoms with Crippen molar-refractivity contribution >= 4 is 11.6 Å². The number of fused-ring (bicyclic) bond motifs is 1. The van der Waals surface area contributed by atoms with Gasteiger partial charge in [0.1, 0.15) is 6.04 Å². The summed E-state index contributed by atoms with van der Waals surface area (Å²) in [5.74, 6) is 0.0183. The highest BCUT2D eigenvalue weighted by molar-refractivity contribution is 6.02. The molecule has 1 unspecified atom stereocenters. The molecule has 1 heterocycles. The van der Waals surface area contributed by atoms with Crippen LogP contribution in [0.4, 0.5) is 5.69 Å². The van der Waals surface area contributed by atoms with E-state index in [9.17, 15) is 4.79 Å². The molecule has 98 valence electrons. The fourth-order valence-electron chi connectivity index (χ4n) is 2.04. The van der Waals surface area contributed by atoms with Gasteiger partial charge < -0.3 is 10.1 Å². The average Bonchev–Trinajstić information content (AvgIpc) is 2.70. The topological polar surface area (TPSA) is 50.4 Å². The minimum absolute atomic E-state index is 0.0183. The number of anilines is 1. The van der Waals surface area contributed by atoms with Gasteiger partial charge in [-0.3, -0.25) is 10.1 Å². The fraction of sp³-hybridized carbons (Fsp3) is 0.500. The van der Waals surface area contributed by atoms with Gasteiger partial charge >= 0.3 is 0 Å². The summed E-state index contributed by atoms with van der Waals surface area (Å²) in [6.07, 6.45) is 2.23. The van der Waals surface area contributed by atoms with E-state index in [-0.39, 0.29) is 11.9 Å². The molecule has 0 bridgehead atoms. The van der Waals surface area contributed by atoms with Gasteiger partial charge in [-0.2, -0.15) is 0 Å². The standard InChI is InChI=1S/C14H20N2O2/c1-2-3-9-18-10-8-15-13-11-6-4-5-7-12(11)16-14(13)17/h4-7,13,15H,2-3,8-10H2,1H3,(H,16,17). The molecule has 18 heavy (non-hydrogen) atoms. The van der Waals surface area contributed by atoms with Crippen LogP contribution in [-0.4, -0.2) is 25.7 Å². The zero-order chi connectivity index (χ0) is 12.8. The van der Waals surface area contributed by atoms with Gasteiger partial charge in [0.15, 0.2) is 0 Å². The molecule has 0 radical (unpaired) electrons. The molecule has 1 aromatic carbocycles. The Bertz CT molecular complexity index is 407. The summed E-state index contributed by atoms with van der Waals surface area (Å²) >= 11 is 0. The molecule has 1 amide bonds. The monoisotopic (exact) mass is 248 g/mol. The molecule has 1 atom stereocenters. The zero-order valence-corrected chi connectivity index (χ0v) is 10.7. The Balaban J connectivity index is 1.78. The van der Waals surface area contributed by atoms with Gasteiger partial charge in [-0.15, -0.1) is 0 Å². The molecule has 0 aliphatic carbocycles. The van der Waals surface area contributed by atoms with Crippen molar-refractivity contribution in [2.24, 2.45) is 0 Å². The first-order valence-electron chi connectivity index (χ1n) is 6.54. The van der Waals surface area contributed by atoms with Crippen LogP contribution in [0.5, 0.6) is 0 Å². The van der Waals surface area contributed by atoms with Crippen LogP contribution in [0.25, 0.3) is 0 Å². The van der Waals surface area contributed by atoms with Gasteiger partial charge in [0.05, 0.1) is 6.61 Å². The third-order valence-corrected chi connectivity index (χ3v) is 3.03. The van der Waals surface area contributed by atoms with Crippen molar-refractivity contribution in [2.75, 3.05) is 25.1 Å². The number of hydrogen-bond donors (Lipinski definition) is 2. The van der Waals surface area contributed by atoms with Crippen molar-refractivity contribution in [1.82, 2.24) is 5.32 Å². The number of unbranched alkanes of at least 4 members (excludes halogenated alkanes) is 1. The SMILES string of the molecule is CCCCOCCNC1C(=O)Nc2ccccc21. The van der Waals surface area contributed by atoms with Gasteiger partial charge in [0.25, 0.3) is 0 Å². The van der Waals surface area contributed by atoms with E-state index in [1.807, 2.05) is 24.3 Å². The van der Waals surface area contributed by atoms with E-state index < -0.39 is 0 Å². The highest BCUT2D eigenvalue weighted by Gasteiger charge is 2.29. The maximum atomic E-state index is 11.8. The number of ether oxygens (including phenoxy) is 1. The van der Waals surface area contributed by atoms with Crippen LogP contribution in [0, 0.1) is 0 Å². The Morgan fingerprint density at radius 3 is 3.00 bits per heavy atom. The molecular weight excluding hydrogens is 228 g/mol. The number of carbonyl (C=O) groups is 1. The highest BCUT2D eigenvalue weighted by atomic mass is 16.5. The van der Waals surface area contributed by atoms with Crippen LogP contribution >= 0.6 is 0 Å². The molecule has 0 saturated carbocycles. The summed E-state index contributed by atoms with van der Waals surface area (Å²) in [5.41, 5.74) is 1.93. The lowest BCUT2D eigenvalue weighted by molar-refractivity contribution is -0.117. The lowest BCUT2D eigenvalue weighted by Gasteiger charge is -2.11. The Kier molecular flexibility index (Phi) is 4.73. The van der Waals surface area contributed by atoms with E-state index in [2.05, 4.69) is 17.6 Å². The molecule has 0 aromatic heterocycles. The van der Waals surface area contributed by atoms with Crippen LogP contribution in [0.3, 0.4) is 0 Å². The van der Waals surface area contributed by atoms with Crippen LogP contribution in [-0.2, 0) is 9.53 Å². The van der Waals surface area contributed by atoms with Crippen molar-refractivity contribution in [3.8, 4) is 0 Å². The molecule has 1 aromatic rings. The second-order valence-electron chi connectivity index (χ2n) is 4.43. The molecule has 0 saturated heterocycles. The summed E-state index contributed by atoms with van der Waals surface area (Å²) < 4.78 is 5.46. The average molecular weight is 248 g/mol. The largest absolute Gasteiger partial charge is 0.380 e. The van der Waals surface area contributed by atoms with E-state index in [0.717, 1.165) is 30.7 Å². The smallest absolute Gasteiger partial charge is 0.246 e. The van der Waals surface area contributed by atoms with E-state index in [1.165, 1.54) is 0 Å². The summed E-state index contributed by atoms with van der Waals surface area (Å²) in [4.78, 5) is 11.8. The first kappa shape index (κ1) is 13.1. The second-order valence-corrected chi connectivity index (χ2v) is 4.43. The van der Waals surface area contributed by atoms with Crippen molar-refractivity contribution in [3.63, 3.8) is 0 Å². The number of nitrogens with one attached hydrogen (secondary N) is 2. The summed E-state index contributed by atoms with van der Waals surface area (Å²) in [7, 11) is 0. The summed E-state index contributed by atoms with van der Waals surface area (Å²) in [5, 5.41) is 6.09. The molecular formula is C14H20N2O2. The second kappa shape index (κ2) is 6.52. The minimum Gasteiger partial charge on any atom is -0.380 e. The predicted molar refractivity (Wildman–Crippen MR) is 71.5 cm³/mol. The first-order valence-corrected chi connectivity index (χ1v) is 6.54. The molecule has 0 fully saturated rings. The maximum Gasteiger partial charge on any atom is 0.246 e. The number of benzene rings is 1. The van der Waals surface area contributed by atoms with Gasteiger partial charge in [-0.25, -0.2) is 0 Å². The number of carbonyl (C=O) groups excluding carboxylic acids is 1. The number of amides is 1. The van der Waals surface area contributed by atoms with E-state index >= 15 is 0 Å². The number of rotatable bonds is 7. The van der Waals surface area contributed by atoms with E-state index in [1.54, 1.807) is 0 Å². The van der Waals surface area contributed by atoms with Crippen LogP contribution in [0.15, 0.2) is 24.3 Å². The van der Waals surface area contributed by atoms with Crippen molar-refractivity contribution in [2.45, 2.75) is 25.8 Å². The molecule has 4 heteroatoms. The third-order valence-electron chi connectivity index (χ3n) is 3.03. The van der Waals surface area contributed by atoms with Crippen molar-refractivity contribution < 1.29 is 9.53 Å². The zero-order valence-electron chi connectivity index (χ0n) is 10.7. The molecule has 1 aliphatic heterocycles. The molecule has 2 N–H and O–H groups in total. The Labute approximate surface area is 108 Å². The van der Waals surface area contributed by atoms with Crippen LogP contribution in [0.1, 0.15) is 31.4 Å². The molecule has 0 spiro atoms. The Morgan fingerprint density at radius 2 is 2.17 bits per heavy atom. The Hall–Kier alpha value is -1.39. The number of para-hydroxylation sites is 1. The van der Waals surface area contributed by atoms with Gasteiger partial charge in [-0.1, -0.05) is 31.5 Å². The van der Waals surface area contributed by atoms with E-state index in [0.29, 0.717) is 13.2 Å². The highest BCUT2D eigenvalue weighted by Crippen LogP contribution is 2.29. The normalized spacial score (nSPS) is 17.6. The summed E-state index contributed by atoms with van der Waals surface area (Å²) in [6.45, 7) is 4.27. The number of hydrogen-bond acceptors (Lipinski definition) is 3. The predicted octanol–water partition coefficient (Wildman–Crippen LogP) is 2.09. The molecule has 1 aliphatic rings. The van der Waals surface area contributed by atoms with Gasteiger partial charge in [0.2, 0.25) is 5.91 Å². The third kappa shape index (κ3) is 3.09.